The molecule has 0 radical (unpaired) electrons. The minimum absolute atomic E-state index is 0.0798. The minimum Gasteiger partial charge on any atom is -0.480 e. The zero-order chi connectivity index (χ0) is 13.7. The van der Waals surface area contributed by atoms with E-state index in [1.807, 2.05) is 19.0 Å². The van der Waals surface area contributed by atoms with Gasteiger partial charge in [0.25, 0.3) is 0 Å². The fourth-order valence-corrected chi connectivity index (χ4v) is 1.96. The average molecular weight is 259 g/mol. The molecular formula is C11H21N3O4. The van der Waals surface area contributed by atoms with Crippen LogP contribution in [0.15, 0.2) is 0 Å². The number of hydrogen-bond acceptors (Lipinski definition) is 4. The number of likely N-dealkylation sites (tertiary alicyclic amines) is 1. The molecule has 0 aromatic carbocycles. The first-order chi connectivity index (χ1) is 8.41. The van der Waals surface area contributed by atoms with Crippen molar-refractivity contribution >= 4 is 12.0 Å². The van der Waals surface area contributed by atoms with Crippen molar-refractivity contribution in [3.63, 3.8) is 0 Å². The number of carboxylic acid groups (broad SMARTS) is 1. The average Bonchev–Trinajstić information content (AvgIpc) is 2.66. The molecule has 2 unspecified atom stereocenters. The van der Waals surface area contributed by atoms with Crippen molar-refractivity contribution in [1.29, 1.82) is 0 Å². The molecule has 104 valence electrons. The maximum absolute atomic E-state index is 11.8. The number of carboxylic acids is 1. The van der Waals surface area contributed by atoms with E-state index >= 15 is 0 Å². The second-order valence-corrected chi connectivity index (χ2v) is 4.78. The summed E-state index contributed by atoms with van der Waals surface area (Å²) in [6, 6.07) is -1.34. The topological polar surface area (TPSA) is 93.1 Å². The van der Waals surface area contributed by atoms with E-state index in [4.69, 9.17) is 5.11 Å². The summed E-state index contributed by atoms with van der Waals surface area (Å²) < 4.78 is 0. The van der Waals surface area contributed by atoms with Gasteiger partial charge in [0.1, 0.15) is 6.04 Å². The highest BCUT2D eigenvalue weighted by atomic mass is 16.4. The number of carbonyl (C=O) groups excluding carboxylic acids is 1. The molecule has 7 heteroatoms. The normalized spacial score (nSPS) is 23.4. The van der Waals surface area contributed by atoms with Crippen molar-refractivity contribution in [3.8, 4) is 0 Å². The molecule has 2 amide bonds. The van der Waals surface area contributed by atoms with Gasteiger partial charge in [0.05, 0.1) is 6.10 Å². The summed E-state index contributed by atoms with van der Waals surface area (Å²) in [5.74, 6) is -1.07. The molecule has 0 spiro atoms. The first-order valence-electron chi connectivity index (χ1n) is 6.02. The van der Waals surface area contributed by atoms with Gasteiger partial charge >= 0.3 is 12.0 Å². The summed E-state index contributed by atoms with van der Waals surface area (Å²) in [6.45, 7) is 1.43. The van der Waals surface area contributed by atoms with Gasteiger partial charge in [-0.15, -0.1) is 0 Å². The van der Waals surface area contributed by atoms with Crippen molar-refractivity contribution in [2.45, 2.75) is 25.0 Å². The number of carbonyl (C=O) groups is 2. The van der Waals surface area contributed by atoms with Gasteiger partial charge in [-0.1, -0.05) is 0 Å². The predicted octanol–water partition coefficient (Wildman–Crippen LogP) is -0.832. The van der Waals surface area contributed by atoms with Crippen LogP contribution in [0.4, 0.5) is 4.79 Å². The molecule has 0 aromatic rings. The van der Waals surface area contributed by atoms with Gasteiger partial charge in [-0.25, -0.2) is 9.59 Å². The van der Waals surface area contributed by atoms with Gasteiger partial charge in [0.15, 0.2) is 0 Å². The molecule has 7 nitrogen and oxygen atoms in total. The fraction of sp³-hybridized carbons (Fsp3) is 0.818. The van der Waals surface area contributed by atoms with Gasteiger partial charge in [0, 0.05) is 19.5 Å². The number of nitrogens with zero attached hydrogens (tertiary/aromatic N) is 2. The number of rotatable bonds is 5. The molecule has 0 aromatic heterocycles. The molecule has 18 heavy (non-hydrogen) atoms. The van der Waals surface area contributed by atoms with Crippen molar-refractivity contribution in [2.75, 3.05) is 33.7 Å². The third-order valence-electron chi connectivity index (χ3n) is 2.88. The van der Waals surface area contributed by atoms with Gasteiger partial charge < -0.3 is 25.3 Å². The van der Waals surface area contributed by atoms with Gasteiger partial charge in [-0.05, 0) is 27.1 Å². The number of aliphatic hydroxyl groups is 1. The Kier molecular flexibility index (Phi) is 5.36. The quantitative estimate of drug-likeness (QED) is 0.560. The van der Waals surface area contributed by atoms with Crippen molar-refractivity contribution in [1.82, 2.24) is 15.1 Å². The van der Waals surface area contributed by atoms with Gasteiger partial charge in [-0.2, -0.15) is 0 Å². The lowest BCUT2D eigenvalue weighted by Gasteiger charge is -2.21. The Bertz CT molecular complexity index is 309. The van der Waals surface area contributed by atoms with E-state index in [-0.39, 0.29) is 13.0 Å². The second-order valence-electron chi connectivity index (χ2n) is 4.78. The zero-order valence-electron chi connectivity index (χ0n) is 10.8. The standard InChI is InChI=1S/C11H21N3O4/c1-13(2)5-3-4-12-11(18)14-7-8(15)6-9(14)10(16)17/h8-9,15H,3-7H2,1-2H3,(H,12,18)(H,16,17). The Hall–Kier alpha value is -1.34. The van der Waals surface area contributed by atoms with Crippen LogP contribution in [0.2, 0.25) is 0 Å². The maximum atomic E-state index is 11.8. The summed E-state index contributed by atoms with van der Waals surface area (Å²) in [6.07, 6.45) is 0.145. The maximum Gasteiger partial charge on any atom is 0.326 e. The van der Waals surface area contributed by atoms with Gasteiger partial charge in [-0.3, -0.25) is 0 Å². The molecule has 3 N–H and O–H groups in total. The van der Waals surface area contributed by atoms with Crippen LogP contribution in [0, 0.1) is 0 Å². The summed E-state index contributed by atoms with van der Waals surface area (Å²) in [5.41, 5.74) is 0. The van der Waals surface area contributed by atoms with Crippen molar-refractivity contribution < 1.29 is 19.8 Å². The van der Waals surface area contributed by atoms with Crippen molar-refractivity contribution in [3.05, 3.63) is 0 Å². The molecule has 1 aliphatic heterocycles. The minimum atomic E-state index is -1.07. The third kappa shape index (κ3) is 4.15. The third-order valence-corrected chi connectivity index (χ3v) is 2.88. The Balaban J connectivity index is 2.38. The fourth-order valence-electron chi connectivity index (χ4n) is 1.96. The molecule has 2 atom stereocenters. The van der Waals surface area contributed by atoms with E-state index in [9.17, 15) is 14.7 Å². The molecular weight excluding hydrogens is 238 g/mol. The van der Waals surface area contributed by atoms with E-state index in [0.29, 0.717) is 6.54 Å². The summed E-state index contributed by atoms with van der Waals surface area (Å²) in [7, 11) is 3.89. The lowest BCUT2D eigenvalue weighted by atomic mass is 10.2. The highest BCUT2D eigenvalue weighted by Crippen LogP contribution is 2.17. The predicted molar refractivity (Wildman–Crippen MR) is 65.3 cm³/mol. The Morgan fingerprint density at radius 2 is 2.11 bits per heavy atom. The largest absolute Gasteiger partial charge is 0.480 e. The number of aliphatic hydroxyl groups excluding tert-OH is 1. The van der Waals surface area contributed by atoms with E-state index in [2.05, 4.69) is 5.32 Å². The summed E-state index contributed by atoms with van der Waals surface area (Å²) in [4.78, 5) is 25.9. The van der Waals surface area contributed by atoms with Crippen LogP contribution in [0.1, 0.15) is 12.8 Å². The number of hydrogen-bond donors (Lipinski definition) is 3. The summed E-state index contributed by atoms with van der Waals surface area (Å²) in [5, 5.41) is 21.0. The number of nitrogens with one attached hydrogen (secondary N) is 1. The smallest absolute Gasteiger partial charge is 0.326 e. The molecule has 0 aliphatic carbocycles. The molecule has 1 rings (SSSR count). The van der Waals surface area contributed by atoms with E-state index in [1.165, 1.54) is 4.90 Å². The number of urea groups is 1. The zero-order valence-corrected chi connectivity index (χ0v) is 10.8. The molecule has 1 saturated heterocycles. The molecule has 0 bridgehead atoms. The second kappa shape index (κ2) is 6.55. The summed E-state index contributed by atoms with van der Waals surface area (Å²) >= 11 is 0. The highest BCUT2D eigenvalue weighted by Gasteiger charge is 2.38. The van der Waals surface area contributed by atoms with E-state index in [1.54, 1.807) is 0 Å². The lowest BCUT2D eigenvalue weighted by Crippen LogP contribution is -2.46. The van der Waals surface area contributed by atoms with Crippen LogP contribution in [0.5, 0.6) is 0 Å². The molecule has 0 saturated carbocycles. The highest BCUT2D eigenvalue weighted by molar-refractivity contribution is 5.83. The van der Waals surface area contributed by atoms with Crippen LogP contribution in [-0.2, 0) is 4.79 Å². The Morgan fingerprint density at radius 1 is 1.44 bits per heavy atom. The van der Waals surface area contributed by atoms with Crippen LogP contribution in [0.25, 0.3) is 0 Å². The van der Waals surface area contributed by atoms with Crippen LogP contribution in [0.3, 0.4) is 0 Å². The van der Waals surface area contributed by atoms with Gasteiger partial charge in [0.2, 0.25) is 0 Å². The van der Waals surface area contributed by atoms with Crippen molar-refractivity contribution in [2.24, 2.45) is 0 Å². The number of aliphatic carboxylic acids is 1. The molecule has 1 heterocycles. The van der Waals surface area contributed by atoms with Crippen LogP contribution in [-0.4, -0.2) is 77.9 Å². The number of β-amino-alcohol motifs (C(OH)–C–C–N with tert-alkyl or cyclic N) is 1. The Labute approximate surface area is 106 Å². The van der Waals surface area contributed by atoms with E-state index in [0.717, 1.165) is 13.0 Å². The van der Waals surface area contributed by atoms with Crippen LogP contribution >= 0.6 is 0 Å². The van der Waals surface area contributed by atoms with E-state index < -0.39 is 24.1 Å². The molecule has 1 aliphatic rings. The SMILES string of the molecule is CN(C)CCCNC(=O)N1CC(O)CC1C(=O)O. The first-order valence-corrected chi connectivity index (χ1v) is 6.02. The monoisotopic (exact) mass is 259 g/mol. The molecule has 1 fully saturated rings. The number of amides is 2. The van der Waals surface area contributed by atoms with Crippen LogP contribution < -0.4 is 5.32 Å². The lowest BCUT2D eigenvalue weighted by molar-refractivity contribution is -0.141. The first kappa shape index (κ1) is 14.7. The Morgan fingerprint density at radius 3 is 2.67 bits per heavy atom.